The molecule has 1 aliphatic rings. The van der Waals surface area contributed by atoms with Gasteiger partial charge in [0.25, 0.3) is 5.91 Å². The second kappa shape index (κ2) is 7.76. The number of aromatic nitrogens is 1. The summed E-state index contributed by atoms with van der Waals surface area (Å²) < 4.78 is 0. The van der Waals surface area contributed by atoms with E-state index in [2.05, 4.69) is 34.4 Å². The van der Waals surface area contributed by atoms with Crippen molar-refractivity contribution >= 4 is 28.6 Å². The van der Waals surface area contributed by atoms with Crippen LogP contribution in [0.25, 0.3) is 10.6 Å². The summed E-state index contributed by atoms with van der Waals surface area (Å²) in [7, 11) is 0. The zero-order chi connectivity index (χ0) is 17.1. The third-order valence-corrected chi connectivity index (χ3v) is 6.66. The Kier molecular flexibility index (Phi) is 5.69. The number of hydrogen-bond acceptors (Lipinski definition) is 5. The fraction of sp³-hybridized carbons (Fsp3) is 0.556. The van der Waals surface area contributed by atoms with Crippen LogP contribution in [0.1, 0.15) is 42.1 Å². The maximum Gasteiger partial charge on any atom is 0.263 e. The molecule has 2 aromatic rings. The van der Waals surface area contributed by atoms with E-state index in [0.717, 1.165) is 40.1 Å². The van der Waals surface area contributed by atoms with Gasteiger partial charge in [-0.2, -0.15) is 11.3 Å². The van der Waals surface area contributed by atoms with E-state index in [0.29, 0.717) is 12.6 Å². The van der Waals surface area contributed by atoms with Crippen LogP contribution in [0.3, 0.4) is 0 Å². The van der Waals surface area contributed by atoms with E-state index in [9.17, 15) is 4.79 Å². The number of rotatable bonds is 5. The van der Waals surface area contributed by atoms with Crippen molar-refractivity contribution < 1.29 is 4.79 Å². The van der Waals surface area contributed by atoms with Gasteiger partial charge in [0, 0.05) is 23.5 Å². The highest BCUT2D eigenvalue weighted by molar-refractivity contribution is 7.17. The molecule has 1 N–H and O–H groups in total. The van der Waals surface area contributed by atoms with E-state index in [-0.39, 0.29) is 5.91 Å². The van der Waals surface area contributed by atoms with Gasteiger partial charge in [-0.1, -0.05) is 6.92 Å². The average molecular weight is 364 g/mol. The Bertz CT molecular complexity index is 673. The first-order chi connectivity index (χ1) is 11.5. The van der Waals surface area contributed by atoms with Gasteiger partial charge in [-0.25, -0.2) is 4.98 Å². The van der Waals surface area contributed by atoms with E-state index in [1.807, 2.05) is 18.4 Å². The van der Waals surface area contributed by atoms with Crippen LogP contribution in [0.5, 0.6) is 0 Å². The number of thiazole rings is 1. The van der Waals surface area contributed by atoms with E-state index >= 15 is 0 Å². The summed E-state index contributed by atoms with van der Waals surface area (Å²) in [6.07, 6.45) is 2.52. The van der Waals surface area contributed by atoms with E-state index < -0.39 is 0 Å². The number of hydrogen-bond donors (Lipinski definition) is 1. The van der Waals surface area contributed by atoms with Crippen LogP contribution in [0.4, 0.5) is 0 Å². The molecule has 1 amide bonds. The van der Waals surface area contributed by atoms with Gasteiger partial charge in [0.05, 0.1) is 5.69 Å². The average Bonchev–Trinajstić information content (AvgIpc) is 3.22. The van der Waals surface area contributed by atoms with E-state index in [1.54, 1.807) is 11.3 Å². The molecule has 1 fully saturated rings. The van der Waals surface area contributed by atoms with Crippen LogP contribution < -0.4 is 5.32 Å². The van der Waals surface area contributed by atoms with Crippen molar-refractivity contribution in [3.8, 4) is 10.6 Å². The lowest BCUT2D eigenvalue weighted by atomic mass is 9.98. The number of nitrogens with one attached hydrogen (secondary N) is 1. The highest BCUT2D eigenvalue weighted by Gasteiger charge is 2.22. The predicted molar refractivity (Wildman–Crippen MR) is 102 cm³/mol. The number of carbonyl (C=O) groups is 1. The molecular weight excluding hydrogens is 338 g/mol. The molecular formula is C18H25N3OS2. The molecule has 0 saturated carbocycles. The minimum absolute atomic E-state index is 0.00343. The molecule has 1 unspecified atom stereocenters. The Balaban J connectivity index is 1.57. The quantitative estimate of drug-likeness (QED) is 0.872. The Labute approximate surface area is 151 Å². The van der Waals surface area contributed by atoms with Crippen LogP contribution in [0.15, 0.2) is 16.8 Å². The van der Waals surface area contributed by atoms with Crippen molar-refractivity contribution in [1.29, 1.82) is 0 Å². The molecule has 6 heteroatoms. The van der Waals surface area contributed by atoms with Gasteiger partial charge < -0.3 is 5.32 Å². The summed E-state index contributed by atoms with van der Waals surface area (Å²) in [5, 5.41) is 8.13. The molecule has 2 aromatic heterocycles. The SMILES string of the molecule is Cc1nc(-c2ccsc2)sc1C(=O)NCC(C)N1CCC(C)CC1. The maximum absolute atomic E-state index is 12.5. The van der Waals surface area contributed by atoms with Gasteiger partial charge in [-0.15, -0.1) is 11.3 Å². The molecule has 1 saturated heterocycles. The predicted octanol–water partition coefficient (Wildman–Crippen LogP) is 4.03. The Morgan fingerprint density at radius 2 is 2.21 bits per heavy atom. The van der Waals surface area contributed by atoms with Gasteiger partial charge in [-0.05, 0) is 57.1 Å². The van der Waals surface area contributed by atoms with Crippen LogP contribution in [-0.2, 0) is 0 Å². The molecule has 3 heterocycles. The molecule has 130 valence electrons. The van der Waals surface area contributed by atoms with Gasteiger partial charge in [0.2, 0.25) is 0 Å². The summed E-state index contributed by atoms with van der Waals surface area (Å²) >= 11 is 3.13. The lowest BCUT2D eigenvalue weighted by molar-refractivity contribution is 0.0925. The molecule has 3 rings (SSSR count). The second-order valence-corrected chi connectivity index (χ2v) is 8.50. The van der Waals surface area contributed by atoms with Crippen molar-refractivity contribution in [1.82, 2.24) is 15.2 Å². The van der Waals surface area contributed by atoms with Crippen molar-refractivity contribution in [2.75, 3.05) is 19.6 Å². The van der Waals surface area contributed by atoms with Gasteiger partial charge >= 0.3 is 0 Å². The minimum atomic E-state index is 0.00343. The van der Waals surface area contributed by atoms with Gasteiger partial charge in [-0.3, -0.25) is 9.69 Å². The number of piperidine rings is 1. The molecule has 0 bridgehead atoms. The summed E-state index contributed by atoms with van der Waals surface area (Å²) in [6.45, 7) is 9.41. The van der Waals surface area contributed by atoms with Crippen molar-refractivity contribution in [3.05, 3.63) is 27.4 Å². The minimum Gasteiger partial charge on any atom is -0.350 e. The molecule has 0 radical (unpaired) electrons. The van der Waals surface area contributed by atoms with Crippen LogP contribution in [0, 0.1) is 12.8 Å². The number of aryl methyl sites for hydroxylation is 1. The Hall–Kier alpha value is -1.24. The number of carbonyl (C=O) groups excluding carboxylic acids is 1. The van der Waals surface area contributed by atoms with Gasteiger partial charge in [0.15, 0.2) is 0 Å². The topological polar surface area (TPSA) is 45.2 Å². The number of nitrogens with zero attached hydrogens (tertiary/aromatic N) is 2. The molecule has 24 heavy (non-hydrogen) atoms. The summed E-state index contributed by atoms with van der Waals surface area (Å²) in [6, 6.07) is 2.43. The molecule has 0 aliphatic carbocycles. The maximum atomic E-state index is 12.5. The first-order valence-corrected chi connectivity index (χ1v) is 10.3. The standard InChI is InChI=1S/C18H25N3OS2/c1-12-4-7-21(8-5-12)13(2)10-19-17(22)16-14(3)20-18(24-16)15-6-9-23-11-15/h6,9,11-13H,4-5,7-8,10H2,1-3H3,(H,19,22). The van der Waals surface area contributed by atoms with Crippen LogP contribution in [-0.4, -0.2) is 41.5 Å². The largest absolute Gasteiger partial charge is 0.350 e. The monoisotopic (exact) mass is 363 g/mol. The molecule has 1 aliphatic heterocycles. The molecule has 4 nitrogen and oxygen atoms in total. The highest BCUT2D eigenvalue weighted by atomic mass is 32.1. The molecule has 0 spiro atoms. The van der Waals surface area contributed by atoms with Crippen molar-refractivity contribution in [3.63, 3.8) is 0 Å². The lowest BCUT2D eigenvalue weighted by Crippen LogP contribution is -2.45. The summed E-state index contributed by atoms with van der Waals surface area (Å²) in [5.74, 6) is 0.835. The van der Waals surface area contributed by atoms with E-state index in [1.165, 1.54) is 24.2 Å². The fourth-order valence-electron chi connectivity index (χ4n) is 3.04. The lowest BCUT2D eigenvalue weighted by Gasteiger charge is -2.34. The molecule has 0 aromatic carbocycles. The normalized spacial score (nSPS) is 17.8. The Morgan fingerprint density at radius 1 is 1.46 bits per heavy atom. The third-order valence-electron chi connectivity index (χ3n) is 4.77. The van der Waals surface area contributed by atoms with Crippen LogP contribution in [0.2, 0.25) is 0 Å². The number of likely N-dealkylation sites (tertiary alicyclic amines) is 1. The number of amides is 1. The molecule has 1 atom stereocenters. The van der Waals surface area contributed by atoms with E-state index in [4.69, 9.17) is 0 Å². The Morgan fingerprint density at radius 3 is 2.88 bits per heavy atom. The van der Waals surface area contributed by atoms with Crippen LogP contribution >= 0.6 is 22.7 Å². The smallest absolute Gasteiger partial charge is 0.263 e. The first kappa shape index (κ1) is 17.6. The number of thiophene rings is 1. The second-order valence-electron chi connectivity index (χ2n) is 6.72. The first-order valence-electron chi connectivity index (χ1n) is 8.57. The van der Waals surface area contributed by atoms with Crippen molar-refractivity contribution in [2.45, 2.75) is 39.7 Å². The summed E-state index contributed by atoms with van der Waals surface area (Å²) in [4.78, 5) is 20.3. The summed E-state index contributed by atoms with van der Waals surface area (Å²) in [5.41, 5.74) is 1.92. The highest BCUT2D eigenvalue weighted by Crippen LogP contribution is 2.29. The van der Waals surface area contributed by atoms with Crippen molar-refractivity contribution in [2.24, 2.45) is 5.92 Å². The zero-order valence-electron chi connectivity index (χ0n) is 14.5. The fourth-order valence-corrected chi connectivity index (χ4v) is 4.73. The zero-order valence-corrected chi connectivity index (χ0v) is 16.2. The van der Waals surface area contributed by atoms with Gasteiger partial charge in [0.1, 0.15) is 9.88 Å². The third kappa shape index (κ3) is 4.05.